The van der Waals surface area contributed by atoms with Crippen molar-refractivity contribution >= 4 is 40.8 Å². The van der Waals surface area contributed by atoms with Crippen LogP contribution in [0.5, 0.6) is 5.75 Å². The Morgan fingerprint density at radius 2 is 1.87 bits per heavy atom. The Balaban J connectivity index is 2.01. The van der Waals surface area contributed by atoms with Gasteiger partial charge in [-0.25, -0.2) is 4.79 Å². The largest absolute Gasteiger partial charge is 0.433 e. The summed E-state index contributed by atoms with van der Waals surface area (Å²) in [6, 6.07) is 10.9. The molecule has 2 aromatic carbocycles. The number of amides is 2. The molecule has 0 unspecified atom stereocenters. The van der Waals surface area contributed by atoms with Crippen molar-refractivity contribution in [1.82, 2.24) is 0 Å². The molecule has 0 heterocycles. The molecule has 2 N–H and O–H groups in total. The summed E-state index contributed by atoms with van der Waals surface area (Å²) in [5.41, 5.74) is 0.994. The Morgan fingerprint density at radius 3 is 2.48 bits per heavy atom. The van der Waals surface area contributed by atoms with E-state index >= 15 is 0 Å². The molecule has 0 aromatic heterocycles. The maximum absolute atomic E-state index is 12.2. The highest BCUT2D eigenvalue weighted by molar-refractivity contribution is 7.98. The standard InChI is InChI=1S/C15H13ClF2N2O2S/c1-23-11-4-2-3-9(7-11)19-15(21)20-10-5-6-13(12(16)8-10)22-14(17)18/h2-8,14H,1H3,(H2,19,20,21). The number of halogens is 3. The summed E-state index contributed by atoms with van der Waals surface area (Å²) in [5, 5.41) is 5.22. The molecular weight excluding hydrogens is 346 g/mol. The van der Waals surface area contributed by atoms with E-state index in [4.69, 9.17) is 11.6 Å². The molecule has 0 aliphatic heterocycles. The van der Waals surface area contributed by atoms with Crippen LogP contribution in [0.25, 0.3) is 0 Å². The minimum absolute atomic E-state index is 0.0209. The van der Waals surface area contributed by atoms with Gasteiger partial charge in [-0.05, 0) is 42.7 Å². The number of hydrogen-bond acceptors (Lipinski definition) is 3. The van der Waals surface area contributed by atoms with Gasteiger partial charge in [-0.3, -0.25) is 0 Å². The molecule has 0 saturated carbocycles. The molecule has 0 bridgehead atoms. The maximum Gasteiger partial charge on any atom is 0.387 e. The average Bonchev–Trinajstić information content (AvgIpc) is 2.49. The highest BCUT2D eigenvalue weighted by Gasteiger charge is 2.10. The van der Waals surface area contributed by atoms with Gasteiger partial charge in [0.25, 0.3) is 0 Å². The molecule has 0 saturated heterocycles. The molecule has 0 fully saturated rings. The van der Waals surface area contributed by atoms with E-state index in [1.54, 1.807) is 17.8 Å². The minimum atomic E-state index is -2.96. The fourth-order valence-electron chi connectivity index (χ4n) is 1.76. The molecule has 8 heteroatoms. The van der Waals surface area contributed by atoms with Crippen LogP contribution in [0, 0.1) is 0 Å². The van der Waals surface area contributed by atoms with Crippen molar-refractivity contribution < 1.29 is 18.3 Å². The number of rotatable bonds is 5. The van der Waals surface area contributed by atoms with Crippen molar-refractivity contribution in [3.8, 4) is 5.75 Å². The number of carbonyl (C=O) groups is 1. The van der Waals surface area contributed by atoms with Crippen LogP contribution in [0.3, 0.4) is 0 Å². The van der Waals surface area contributed by atoms with Gasteiger partial charge in [-0.1, -0.05) is 17.7 Å². The van der Waals surface area contributed by atoms with Gasteiger partial charge >= 0.3 is 12.6 Å². The van der Waals surface area contributed by atoms with Crippen LogP contribution >= 0.6 is 23.4 Å². The molecule has 0 radical (unpaired) electrons. The quantitative estimate of drug-likeness (QED) is 0.712. The zero-order chi connectivity index (χ0) is 16.8. The lowest BCUT2D eigenvalue weighted by Gasteiger charge is -2.11. The van der Waals surface area contributed by atoms with E-state index < -0.39 is 12.6 Å². The summed E-state index contributed by atoms with van der Waals surface area (Å²) in [7, 11) is 0. The first-order valence-corrected chi connectivity index (χ1v) is 8.04. The summed E-state index contributed by atoms with van der Waals surface area (Å²) in [6.45, 7) is -2.96. The number of alkyl halides is 2. The van der Waals surface area contributed by atoms with Crippen LogP contribution in [0.4, 0.5) is 25.0 Å². The van der Waals surface area contributed by atoms with Crippen LogP contribution < -0.4 is 15.4 Å². The van der Waals surface area contributed by atoms with E-state index in [1.165, 1.54) is 18.2 Å². The second-order valence-electron chi connectivity index (χ2n) is 4.33. The number of benzene rings is 2. The van der Waals surface area contributed by atoms with E-state index in [0.29, 0.717) is 11.4 Å². The first-order valence-electron chi connectivity index (χ1n) is 6.44. The van der Waals surface area contributed by atoms with E-state index in [2.05, 4.69) is 15.4 Å². The minimum Gasteiger partial charge on any atom is -0.433 e. The number of urea groups is 1. The molecule has 0 aliphatic rings. The number of thioether (sulfide) groups is 1. The van der Waals surface area contributed by atoms with E-state index in [1.807, 2.05) is 24.5 Å². The highest BCUT2D eigenvalue weighted by Crippen LogP contribution is 2.29. The van der Waals surface area contributed by atoms with Crippen molar-refractivity contribution in [2.75, 3.05) is 16.9 Å². The lowest BCUT2D eigenvalue weighted by Crippen LogP contribution is -2.19. The number of carbonyl (C=O) groups excluding carboxylic acids is 1. The number of anilines is 2. The van der Waals surface area contributed by atoms with Crippen LogP contribution in [-0.4, -0.2) is 18.9 Å². The first kappa shape index (κ1) is 17.4. The summed E-state index contributed by atoms with van der Waals surface area (Å²) in [4.78, 5) is 12.9. The normalized spacial score (nSPS) is 10.5. The predicted octanol–water partition coefficient (Wildman–Crippen LogP) is 5.31. The molecule has 2 amide bonds. The second kappa shape index (κ2) is 8.03. The number of hydrogen-bond donors (Lipinski definition) is 2. The van der Waals surface area contributed by atoms with Crippen LogP contribution in [0.2, 0.25) is 5.02 Å². The Morgan fingerprint density at radius 1 is 1.17 bits per heavy atom. The van der Waals surface area contributed by atoms with Crippen molar-refractivity contribution in [2.45, 2.75) is 11.5 Å². The fourth-order valence-corrected chi connectivity index (χ4v) is 2.45. The first-order chi connectivity index (χ1) is 11.0. The third-order valence-corrected chi connectivity index (χ3v) is 3.75. The fraction of sp³-hybridized carbons (Fsp3) is 0.133. The molecule has 0 atom stereocenters. The summed E-state index contributed by atoms with van der Waals surface area (Å²) in [6.07, 6.45) is 1.93. The second-order valence-corrected chi connectivity index (χ2v) is 5.62. The van der Waals surface area contributed by atoms with Crippen LogP contribution in [0.15, 0.2) is 47.4 Å². The van der Waals surface area contributed by atoms with E-state index in [9.17, 15) is 13.6 Å². The van der Waals surface area contributed by atoms with Gasteiger partial charge in [-0.2, -0.15) is 8.78 Å². The monoisotopic (exact) mass is 358 g/mol. The van der Waals surface area contributed by atoms with Gasteiger partial charge in [0, 0.05) is 16.3 Å². The molecule has 2 aromatic rings. The third-order valence-electron chi connectivity index (χ3n) is 2.73. The van der Waals surface area contributed by atoms with Crippen molar-refractivity contribution in [2.24, 2.45) is 0 Å². The van der Waals surface area contributed by atoms with Crippen LogP contribution in [0.1, 0.15) is 0 Å². The van der Waals surface area contributed by atoms with Gasteiger partial charge in [0.05, 0.1) is 5.02 Å². The molecule has 122 valence electrons. The van der Waals surface area contributed by atoms with Gasteiger partial charge < -0.3 is 15.4 Å². The van der Waals surface area contributed by atoms with Crippen molar-refractivity contribution in [3.63, 3.8) is 0 Å². The Labute approximate surface area is 141 Å². The smallest absolute Gasteiger partial charge is 0.387 e. The average molecular weight is 359 g/mol. The predicted molar refractivity (Wildman–Crippen MR) is 88.9 cm³/mol. The summed E-state index contributed by atoms with van der Waals surface area (Å²) >= 11 is 7.38. The van der Waals surface area contributed by atoms with Gasteiger partial charge in [0.2, 0.25) is 0 Å². The molecule has 0 spiro atoms. The topological polar surface area (TPSA) is 50.4 Å². The van der Waals surface area contributed by atoms with Crippen molar-refractivity contribution in [1.29, 1.82) is 0 Å². The van der Waals surface area contributed by atoms with E-state index in [0.717, 1.165) is 4.90 Å². The lowest BCUT2D eigenvalue weighted by molar-refractivity contribution is -0.0497. The molecule has 0 aliphatic carbocycles. The van der Waals surface area contributed by atoms with Gasteiger partial charge in [-0.15, -0.1) is 11.8 Å². The maximum atomic E-state index is 12.2. The Bertz CT molecular complexity index is 701. The summed E-state index contributed by atoms with van der Waals surface area (Å²) < 4.78 is 28.5. The summed E-state index contributed by atoms with van der Waals surface area (Å²) in [5.74, 6) is -0.153. The lowest BCUT2D eigenvalue weighted by atomic mass is 10.3. The number of nitrogens with one attached hydrogen (secondary N) is 2. The molecule has 23 heavy (non-hydrogen) atoms. The molecule has 4 nitrogen and oxygen atoms in total. The zero-order valence-electron chi connectivity index (χ0n) is 12.0. The third kappa shape index (κ3) is 5.30. The number of ether oxygens (including phenoxy) is 1. The Kier molecular flexibility index (Phi) is 6.06. The van der Waals surface area contributed by atoms with Crippen molar-refractivity contribution in [3.05, 3.63) is 47.5 Å². The SMILES string of the molecule is CSc1cccc(NC(=O)Nc2ccc(OC(F)F)c(Cl)c2)c1. The van der Waals surface area contributed by atoms with Crippen LogP contribution in [-0.2, 0) is 0 Å². The highest BCUT2D eigenvalue weighted by atomic mass is 35.5. The Hall–Kier alpha value is -1.99. The molecular formula is C15H13ClF2N2O2S. The van der Waals surface area contributed by atoms with Gasteiger partial charge in [0.15, 0.2) is 0 Å². The van der Waals surface area contributed by atoms with Gasteiger partial charge in [0.1, 0.15) is 5.75 Å². The van der Waals surface area contributed by atoms with E-state index in [-0.39, 0.29) is 10.8 Å². The molecule has 2 rings (SSSR count). The zero-order valence-corrected chi connectivity index (χ0v) is 13.5.